The van der Waals surface area contributed by atoms with E-state index in [9.17, 15) is 4.79 Å². The fourth-order valence-corrected chi connectivity index (χ4v) is 1.26. The molecular weight excluding hydrogens is 220 g/mol. The summed E-state index contributed by atoms with van der Waals surface area (Å²) in [5.41, 5.74) is 0.704. The fourth-order valence-electron chi connectivity index (χ4n) is 1.26. The highest BCUT2D eigenvalue weighted by Crippen LogP contribution is 2.15. The number of hydrogen-bond acceptors (Lipinski definition) is 3. The topological polar surface area (TPSA) is 70.6 Å². The molecule has 0 saturated heterocycles. The normalized spacial score (nSPS) is 9.76. The third-order valence-electron chi connectivity index (χ3n) is 2.04. The van der Waals surface area contributed by atoms with E-state index in [-0.39, 0.29) is 12.6 Å². The molecule has 94 valence electrons. The largest absolute Gasteiger partial charge is 0.494 e. The Morgan fingerprint density at radius 2 is 2.06 bits per heavy atom. The number of anilines is 1. The van der Waals surface area contributed by atoms with Crippen molar-refractivity contribution in [1.29, 1.82) is 0 Å². The van der Waals surface area contributed by atoms with Gasteiger partial charge >= 0.3 is 6.03 Å². The van der Waals surface area contributed by atoms with Gasteiger partial charge in [-0.1, -0.05) is 0 Å². The summed E-state index contributed by atoms with van der Waals surface area (Å²) < 4.78 is 5.29. The molecule has 0 aromatic heterocycles. The summed E-state index contributed by atoms with van der Waals surface area (Å²) in [4.78, 5) is 11.4. The molecule has 1 aromatic rings. The van der Waals surface area contributed by atoms with Crippen LogP contribution in [0.15, 0.2) is 24.3 Å². The smallest absolute Gasteiger partial charge is 0.319 e. The third kappa shape index (κ3) is 5.21. The summed E-state index contributed by atoms with van der Waals surface area (Å²) in [5, 5.41) is 13.9. The average molecular weight is 238 g/mol. The molecular formula is C12H18N2O3. The van der Waals surface area contributed by atoms with E-state index in [1.807, 2.05) is 6.92 Å². The molecule has 0 heterocycles. The molecule has 17 heavy (non-hydrogen) atoms. The van der Waals surface area contributed by atoms with E-state index in [4.69, 9.17) is 9.84 Å². The third-order valence-corrected chi connectivity index (χ3v) is 2.04. The van der Waals surface area contributed by atoms with Crippen LogP contribution in [0.2, 0.25) is 0 Å². The molecule has 0 saturated carbocycles. The van der Waals surface area contributed by atoms with E-state index in [2.05, 4.69) is 10.6 Å². The van der Waals surface area contributed by atoms with Gasteiger partial charge < -0.3 is 20.5 Å². The van der Waals surface area contributed by atoms with Crippen LogP contribution in [0.3, 0.4) is 0 Å². The van der Waals surface area contributed by atoms with E-state index in [1.165, 1.54) is 0 Å². The van der Waals surface area contributed by atoms with Crippen LogP contribution < -0.4 is 15.4 Å². The molecule has 5 nitrogen and oxygen atoms in total. The minimum Gasteiger partial charge on any atom is -0.494 e. The standard InChI is InChI=1S/C12H18N2O3/c1-2-17-11-6-4-10(5-7-11)14-12(16)13-8-3-9-15/h4-7,15H,2-3,8-9H2,1H3,(H2,13,14,16). The first-order chi connectivity index (χ1) is 8.26. The highest BCUT2D eigenvalue weighted by atomic mass is 16.5. The first-order valence-corrected chi connectivity index (χ1v) is 5.65. The molecule has 0 aliphatic heterocycles. The second kappa shape index (κ2) is 7.51. The molecule has 0 radical (unpaired) electrons. The Balaban J connectivity index is 2.37. The zero-order valence-electron chi connectivity index (χ0n) is 9.90. The number of carbonyl (C=O) groups is 1. The fraction of sp³-hybridized carbons (Fsp3) is 0.417. The minimum absolute atomic E-state index is 0.0728. The Labute approximate surface area is 101 Å². The van der Waals surface area contributed by atoms with Gasteiger partial charge in [0.05, 0.1) is 6.61 Å². The van der Waals surface area contributed by atoms with Crippen LogP contribution in [-0.2, 0) is 0 Å². The van der Waals surface area contributed by atoms with Crippen molar-refractivity contribution in [1.82, 2.24) is 5.32 Å². The van der Waals surface area contributed by atoms with E-state index >= 15 is 0 Å². The quantitative estimate of drug-likeness (QED) is 0.659. The highest BCUT2D eigenvalue weighted by molar-refractivity contribution is 5.89. The van der Waals surface area contributed by atoms with E-state index < -0.39 is 0 Å². The van der Waals surface area contributed by atoms with Gasteiger partial charge in [0, 0.05) is 18.8 Å². The number of urea groups is 1. The Morgan fingerprint density at radius 1 is 1.35 bits per heavy atom. The molecule has 0 fully saturated rings. The summed E-state index contributed by atoms with van der Waals surface area (Å²) in [5.74, 6) is 0.777. The first kappa shape index (κ1) is 13.3. The SMILES string of the molecule is CCOc1ccc(NC(=O)NCCCO)cc1. The van der Waals surface area contributed by atoms with Crippen molar-refractivity contribution in [2.45, 2.75) is 13.3 Å². The molecule has 0 bridgehead atoms. The molecule has 2 amide bonds. The maximum Gasteiger partial charge on any atom is 0.319 e. The van der Waals surface area contributed by atoms with Crippen LogP contribution in [0.5, 0.6) is 5.75 Å². The van der Waals surface area contributed by atoms with Crippen LogP contribution >= 0.6 is 0 Å². The number of carbonyl (C=O) groups excluding carboxylic acids is 1. The molecule has 0 atom stereocenters. The highest BCUT2D eigenvalue weighted by Gasteiger charge is 2.00. The van der Waals surface area contributed by atoms with E-state index in [1.54, 1.807) is 24.3 Å². The Morgan fingerprint density at radius 3 is 2.65 bits per heavy atom. The van der Waals surface area contributed by atoms with E-state index in [0.717, 1.165) is 5.75 Å². The summed E-state index contributed by atoms with van der Waals surface area (Å²) in [7, 11) is 0. The van der Waals surface area contributed by atoms with Crippen molar-refractivity contribution < 1.29 is 14.6 Å². The number of hydrogen-bond donors (Lipinski definition) is 3. The van der Waals surface area contributed by atoms with Crippen molar-refractivity contribution in [3.63, 3.8) is 0 Å². The molecule has 1 rings (SSSR count). The van der Waals surface area contributed by atoms with Gasteiger partial charge in [0.2, 0.25) is 0 Å². The van der Waals surface area contributed by atoms with Crippen molar-refractivity contribution >= 4 is 11.7 Å². The maximum atomic E-state index is 11.4. The van der Waals surface area contributed by atoms with Crippen molar-refractivity contribution in [3.8, 4) is 5.75 Å². The Bertz CT molecular complexity index is 338. The van der Waals surface area contributed by atoms with Crippen LogP contribution in [0.4, 0.5) is 10.5 Å². The molecule has 3 N–H and O–H groups in total. The van der Waals surface area contributed by atoms with Gasteiger partial charge in [0.15, 0.2) is 0 Å². The second-order valence-electron chi connectivity index (χ2n) is 3.42. The van der Waals surface area contributed by atoms with Gasteiger partial charge in [-0.05, 0) is 37.6 Å². The summed E-state index contributed by atoms with van der Waals surface area (Å²) in [6.07, 6.45) is 0.552. The second-order valence-corrected chi connectivity index (χ2v) is 3.42. The molecule has 0 aliphatic rings. The molecule has 0 unspecified atom stereocenters. The summed E-state index contributed by atoms with van der Waals surface area (Å²) >= 11 is 0. The van der Waals surface area contributed by atoms with Gasteiger partial charge in [-0.15, -0.1) is 0 Å². The number of rotatable bonds is 6. The van der Waals surface area contributed by atoms with Crippen LogP contribution in [0, 0.1) is 0 Å². The van der Waals surface area contributed by atoms with Gasteiger partial charge in [-0.25, -0.2) is 4.79 Å². The molecule has 0 spiro atoms. The van der Waals surface area contributed by atoms with Crippen LogP contribution in [0.1, 0.15) is 13.3 Å². The maximum absolute atomic E-state index is 11.4. The van der Waals surface area contributed by atoms with E-state index in [0.29, 0.717) is 25.3 Å². The van der Waals surface area contributed by atoms with Gasteiger partial charge in [0.1, 0.15) is 5.75 Å². The molecule has 0 aliphatic carbocycles. The summed E-state index contributed by atoms with van der Waals surface area (Å²) in [6.45, 7) is 3.07. The first-order valence-electron chi connectivity index (χ1n) is 5.65. The molecule has 1 aromatic carbocycles. The van der Waals surface area contributed by atoms with Crippen molar-refractivity contribution in [2.75, 3.05) is 25.1 Å². The lowest BCUT2D eigenvalue weighted by molar-refractivity contribution is 0.249. The lowest BCUT2D eigenvalue weighted by Gasteiger charge is -2.08. The number of ether oxygens (including phenoxy) is 1. The Kier molecular flexibility index (Phi) is 5.88. The zero-order valence-corrected chi connectivity index (χ0v) is 9.90. The monoisotopic (exact) mass is 238 g/mol. The lowest BCUT2D eigenvalue weighted by atomic mass is 10.3. The summed E-state index contributed by atoms with van der Waals surface area (Å²) in [6, 6.07) is 6.87. The lowest BCUT2D eigenvalue weighted by Crippen LogP contribution is -2.29. The average Bonchev–Trinajstić information content (AvgIpc) is 2.32. The minimum atomic E-state index is -0.275. The zero-order chi connectivity index (χ0) is 12.5. The van der Waals surface area contributed by atoms with Gasteiger partial charge in [-0.2, -0.15) is 0 Å². The predicted octanol–water partition coefficient (Wildman–Crippen LogP) is 1.59. The number of aliphatic hydroxyl groups excluding tert-OH is 1. The number of amides is 2. The predicted molar refractivity (Wildman–Crippen MR) is 66.3 cm³/mol. The van der Waals surface area contributed by atoms with Crippen LogP contribution in [-0.4, -0.2) is 30.9 Å². The van der Waals surface area contributed by atoms with Gasteiger partial charge in [-0.3, -0.25) is 0 Å². The van der Waals surface area contributed by atoms with Crippen LogP contribution in [0.25, 0.3) is 0 Å². The van der Waals surface area contributed by atoms with Gasteiger partial charge in [0.25, 0.3) is 0 Å². The van der Waals surface area contributed by atoms with Crippen molar-refractivity contribution in [3.05, 3.63) is 24.3 Å². The number of aliphatic hydroxyl groups is 1. The van der Waals surface area contributed by atoms with Crippen molar-refractivity contribution in [2.24, 2.45) is 0 Å². The number of nitrogens with one attached hydrogen (secondary N) is 2. The number of benzene rings is 1. The Hall–Kier alpha value is -1.75. The molecule has 5 heteroatoms.